The summed E-state index contributed by atoms with van der Waals surface area (Å²) < 4.78 is 26.9. The summed E-state index contributed by atoms with van der Waals surface area (Å²) in [5.74, 6) is 2.12. The van der Waals surface area contributed by atoms with Crippen molar-refractivity contribution in [3.05, 3.63) is 35.9 Å². The van der Waals surface area contributed by atoms with Gasteiger partial charge in [-0.05, 0) is 74.5 Å². The molecule has 0 radical (unpaired) electrons. The Kier molecular flexibility index (Phi) is 5.57. The number of hydrogen-bond donors (Lipinski definition) is 2. The zero-order valence-corrected chi connectivity index (χ0v) is 21.4. The number of anilines is 1. The van der Waals surface area contributed by atoms with Crippen LogP contribution in [0.25, 0.3) is 28.1 Å². The first kappa shape index (κ1) is 23.5. The van der Waals surface area contributed by atoms with Crippen LogP contribution in [0.3, 0.4) is 0 Å². The molecular weight excluding hydrogens is 489 g/mol. The van der Waals surface area contributed by atoms with E-state index in [2.05, 4.69) is 20.5 Å². The van der Waals surface area contributed by atoms with Gasteiger partial charge in [0.1, 0.15) is 17.0 Å². The van der Waals surface area contributed by atoms with Gasteiger partial charge in [0.25, 0.3) is 0 Å². The number of hydrogen-bond acceptors (Lipinski definition) is 8. The van der Waals surface area contributed by atoms with Crippen molar-refractivity contribution in [3.8, 4) is 11.5 Å². The standard InChI is InChI=1S/C27H30FN7O3/c1-3-38-27(36)21-17-7-8-18(16-6-5-15(16)17)22(21)30-25-20-9-4-14(12-37-2)35(20)34-26(31-25)23-19-10-13(28)11-29-24(19)33-32-23/h4,9-11,15-18,21-22H,3,5-8,12H2,1-2H3,(H,29,32,33)(H,30,31,34)/t15?,16?,17-,18+,21-,22?/m0/s1. The molecule has 4 aliphatic rings. The lowest BCUT2D eigenvalue weighted by molar-refractivity contribution is -0.166. The third-order valence-electron chi connectivity index (χ3n) is 8.97. The van der Waals surface area contributed by atoms with Gasteiger partial charge in [0, 0.05) is 13.2 Å². The van der Waals surface area contributed by atoms with Crippen molar-refractivity contribution in [3.63, 3.8) is 0 Å². The smallest absolute Gasteiger partial charge is 0.311 e. The number of nitrogens with one attached hydrogen (secondary N) is 2. The van der Waals surface area contributed by atoms with E-state index >= 15 is 0 Å². The maximum absolute atomic E-state index is 14.1. The number of fused-ring (bicyclic) bond motifs is 4. The Hall–Kier alpha value is -3.60. The molecule has 3 unspecified atom stereocenters. The molecule has 4 fully saturated rings. The van der Waals surface area contributed by atoms with Crippen LogP contribution in [0.15, 0.2) is 24.4 Å². The highest BCUT2D eigenvalue weighted by Gasteiger charge is 2.59. The monoisotopic (exact) mass is 519 g/mol. The molecule has 10 nitrogen and oxygen atoms in total. The molecule has 2 N–H and O–H groups in total. The second kappa shape index (κ2) is 9.00. The maximum Gasteiger partial charge on any atom is 0.311 e. The van der Waals surface area contributed by atoms with E-state index in [0.717, 1.165) is 30.2 Å². The fourth-order valence-electron chi connectivity index (χ4n) is 7.33. The van der Waals surface area contributed by atoms with Gasteiger partial charge in [0.05, 0.1) is 36.4 Å². The van der Waals surface area contributed by atoms with Gasteiger partial charge in [-0.2, -0.15) is 5.10 Å². The summed E-state index contributed by atoms with van der Waals surface area (Å²) in [5, 5.41) is 16.1. The van der Waals surface area contributed by atoms with Crippen LogP contribution in [0.4, 0.5) is 10.2 Å². The summed E-state index contributed by atoms with van der Waals surface area (Å²) in [4.78, 5) is 22.3. The third-order valence-corrected chi connectivity index (χ3v) is 8.97. The van der Waals surface area contributed by atoms with Crippen molar-refractivity contribution in [2.24, 2.45) is 29.6 Å². The molecule has 11 heteroatoms. The molecule has 0 saturated heterocycles. The van der Waals surface area contributed by atoms with Crippen molar-refractivity contribution in [2.75, 3.05) is 19.0 Å². The van der Waals surface area contributed by atoms with Crippen molar-refractivity contribution in [1.29, 1.82) is 0 Å². The predicted octanol–water partition coefficient (Wildman–Crippen LogP) is 3.98. The normalized spacial score (nSPS) is 27.9. The van der Waals surface area contributed by atoms with Crippen molar-refractivity contribution in [1.82, 2.24) is 29.8 Å². The Labute approximate surface area is 218 Å². The number of aromatic amines is 1. The molecule has 2 bridgehead atoms. The van der Waals surface area contributed by atoms with Gasteiger partial charge in [-0.1, -0.05) is 0 Å². The van der Waals surface area contributed by atoms with Crippen LogP contribution in [0.2, 0.25) is 0 Å². The molecule has 38 heavy (non-hydrogen) atoms. The summed E-state index contributed by atoms with van der Waals surface area (Å²) in [6.45, 7) is 2.58. The largest absolute Gasteiger partial charge is 0.466 e. The lowest BCUT2D eigenvalue weighted by Gasteiger charge is -2.61. The average Bonchev–Trinajstić information content (AvgIpc) is 3.48. The van der Waals surface area contributed by atoms with Crippen LogP contribution >= 0.6 is 0 Å². The van der Waals surface area contributed by atoms with Crippen LogP contribution < -0.4 is 5.32 Å². The van der Waals surface area contributed by atoms with Gasteiger partial charge >= 0.3 is 5.97 Å². The molecule has 4 aromatic rings. The first-order valence-electron chi connectivity index (χ1n) is 13.4. The van der Waals surface area contributed by atoms with Crippen LogP contribution in [0.5, 0.6) is 0 Å². The van der Waals surface area contributed by atoms with Crippen molar-refractivity contribution < 1.29 is 18.7 Å². The minimum absolute atomic E-state index is 0.0840. The zero-order valence-electron chi connectivity index (χ0n) is 21.4. The number of methoxy groups -OCH3 is 1. The molecule has 0 aliphatic heterocycles. The molecule has 0 amide bonds. The first-order chi connectivity index (χ1) is 18.6. The lowest BCUT2D eigenvalue weighted by atomic mass is 9.46. The third kappa shape index (κ3) is 3.51. The molecule has 6 atom stereocenters. The number of carbonyl (C=O) groups is 1. The number of H-pyrrole nitrogens is 1. The van der Waals surface area contributed by atoms with Gasteiger partial charge in [-0.15, -0.1) is 5.10 Å². The Morgan fingerprint density at radius 3 is 2.76 bits per heavy atom. The van der Waals surface area contributed by atoms with E-state index in [9.17, 15) is 9.18 Å². The van der Waals surface area contributed by atoms with E-state index in [-0.39, 0.29) is 17.9 Å². The SMILES string of the molecule is CCOC(=O)[C@@H]1C(Nc2nc(-c3[nH]nc4ncc(F)cc34)nn3c(COC)ccc23)[C@@H]2CC[C@H]1C1CCC12. The second-order valence-corrected chi connectivity index (χ2v) is 10.7. The van der Waals surface area contributed by atoms with Gasteiger partial charge in [-0.3, -0.25) is 9.89 Å². The number of ether oxygens (including phenoxy) is 2. The molecule has 198 valence electrons. The van der Waals surface area contributed by atoms with Gasteiger partial charge in [-0.25, -0.2) is 18.9 Å². The number of nitrogens with zero attached hydrogens (tertiary/aromatic N) is 5. The first-order valence-corrected chi connectivity index (χ1v) is 13.4. The maximum atomic E-state index is 14.1. The molecule has 4 aliphatic carbocycles. The fraction of sp³-hybridized carbons (Fsp3) is 0.519. The number of rotatable bonds is 7. The van der Waals surface area contributed by atoms with Crippen LogP contribution in [0.1, 0.15) is 38.3 Å². The minimum Gasteiger partial charge on any atom is -0.466 e. The van der Waals surface area contributed by atoms with E-state index in [1.54, 1.807) is 11.6 Å². The molecule has 0 aromatic carbocycles. The van der Waals surface area contributed by atoms with Crippen LogP contribution in [0, 0.1) is 35.4 Å². The number of halogens is 1. The van der Waals surface area contributed by atoms with E-state index in [1.807, 2.05) is 19.1 Å². The van der Waals surface area contributed by atoms with Gasteiger partial charge < -0.3 is 14.8 Å². The molecular formula is C27H30FN7O3. The number of carbonyl (C=O) groups excluding carboxylic acids is 1. The molecule has 8 rings (SSSR count). The summed E-state index contributed by atoms with van der Waals surface area (Å²) in [6, 6.07) is 5.20. The molecule has 4 aromatic heterocycles. The number of aromatic nitrogens is 6. The number of pyridine rings is 1. The molecule has 4 heterocycles. The quantitative estimate of drug-likeness (QED) is 0.352. The Balaban J connectivity index is 1.35. The molecule has 0 spiro atoms. The highest BCUT2D eigenvalue weighted by molar-refractivity contribution is 5.89. The van der Waals surface area contributed by atoms with Gasteiger partial charge in [0.2, 0.25) is 5.82 Å². The van der Waals surface area contributed by atoms with Crippen molar-refractivity contribution >= 4 is 28.3 Å². The highest BCUT2D eigenvalue weighted by atomic mass is 19.1. The van der Waals surface area contributed by atoms with E-state index in [0.29, 0.717) is 65.3 Å². The second-order valence-electron chi connectivity index (χ2n) is 10.7. The van der Waals surface area contributed by atoms with Crippen molar-refractivity contribution in [2.45, 2.75) is 45.3 Å². The summed E-state index contributed by atoms with van der Waals surface area (Å²) in [6.07, 6.45) is 5.71. The topological polar surface area (TPSA) is 119 Å². The molecule has 4 saturated carbocycles. The van der Waals surface area contributed by atoms with E-state index in [4.69, 9.17) is 19.6 Å². The highest BCUT2D eigenvalue weighted by Crippen LogP contribution is 2.60. The number of esters is 1. The van der Waals surface area contributed by atoms with E-state index < -0.39 is 5.82 Å². The van der Waals surface area contributed by atoms with Gasteiger partial charge in [0.15, 0.2) is 11.5 Å². The van der Waals surface area contributed by atoms with Crippen LogP contribution in [-0.2, 0) is 20.9 Å². The zero-order chi connectivity index (χ0) is 26.0. The Bertz CT molecular complexity index is 1530. The predicted molar refractivity (Wildman–Crippen MR) is 137 cm³/mol. The van der Waals surface area contributed by atoms with E-state index in [1.165, 1.54) is 18.9 Å². The Morgan fingerprint density at radius 2 is 1.97 bits per heavy atom. The Morgan fingerprint density at radius 1 is 1.18 bits per heavy atom. The lowest BCUT2D eigenvalue weighted by Crippen LogP contribution is -2.62. The minimum atomic E-state index is -0.467. The fourth-order valence-corrected chi connectivity index (χ4v) is 7.33. The average molecular weight is 520 g/mol. The summed E-state index contributed by atoms with van der Waals surface area (Å²) in [7, 11) is 1.63. The van der Waals surface area contributed by atoms with Crippen LogP contribution in [-0.4, -0.2) is 55.5 Å². The summed E-state index contributed by atoms with van der Waals surface area (Å²) in [5.41, 5.74) is 2.48. The summed E-state index contributed by atoms with van der Waals surface area (Å²) >= 11 is 0.